The van der Waals surface area contributed by atoms with Crippen molar-refractivity contribution >= 4 is 11.7 Å². The van der Waals surface area contributed by atoms with Crippen molar-refractivity contribution in [2.75, 3.05) is 18.4 Å². The summed E-state index contributed by atoms with van der Waals surface area (Å²) in [6.45, 7) is 2.55. The second-order valence-corrected chi connectivity index (χ2v) is 8.85. The zero-order chi connectivity index (χ0) is 24.7. The van der Waals surface area contributed by atoms with Crippen LogP contribution in [0.15, 0.2) is 91.4 Å². The largest absolute Gasteiger partial charge is 0.334 e. The summed E-state index contributed by atoms with van der Waals surface area (Å²) in [5, 5.41) is 15.3. The van der Waals surface area contributed by atoms with Gasteiger partial charge in [0.15, 0.2) is 0 Å². The number of benzene rings is 2. The minimum Gasteiger partial charge on any atom is -0.334 e. The van der Waals surface area contributed by atoms with E-state index in [4.69, 9.17) is 0 Å². The van der Waals surface area contributed by atoms with E-state index >= 15 is 0 Å². The van der Waals surface area contributed by atoms with Crippen LogP contribution in [0, 0.1) is 11.3 Å². The minimum atomic E-state index is -0.193. The molecule has 5 rings (SSSR count). The molecule has 2 aromatic carbocycles. The molecule has 4 aromatic rings. The molecular weight excluding hydrogens is 448 g/mol. The molecule has 1 aliphatic rings. The lowest BCUT2D eigenvalue weighted by Gasteiger charge is -2.17. The Morgan fingerprint density at radius 2 is 1.81 bits per heavy atom. The lowest BCUT2D eigenvalue weighted by molar-refractivity contribution is 0.247. The zero-order valence-corrected chi connectivity index (χ0v) is 19.8. The van der Waals surface area contributed by atoms with Crippen LogP contribution in [0.4, 0.5) is 10.5 Å². The van der Waals surface area contributed by atoms with Crippen LogP contribution in [-0.4, -0.2) is 40.0 Å². The summed E-state index contributed by atoms with van der Waals surface area (Å²) in [4.78, 5) is 23.2. The molecule has 2 N–H and O–H groups in total. The number of anilines is 1. The highest BCUT2D eigenvalue weighted by Gasteiger charge is 2.24. The van der Waals surface area contributed by atoms with Gasteiger partial charge in [-0.15, -0.1) is 0 Å². The third-order valence-electron chi connectivity index (χ3n) is 6.28. The van der Waals surface area contributed by atoms with Crippen LogP contribution in [0.25, 0.3) is 22.4 Å². The smallest absolute Gasteiger partial charge is 0.319 e. The molecule has 36 heavy (non-hydrogen) atoms. The molecule has 1 fully saturated rings. The number of hydrogen-bond acceptors (Lipinski definition) is 5. The van der Waals surface area contributed by atoms with Gasteiger partial charge in [0.05, 0.1) is 11.3 Å². The van der Waals surface area contributed by atoms with Gasteiger partial charge in [0, 0.05) is 61.1 Å². The Morgan fingerprint density at radius 1 is 1.03 bits per heavy atom. The van der Waals surface area contributed by atoms with Gasteiger partial charge in [-0.05, 0) is 35.7 Å². The van der Waals surface area contributed by atoms with Crippen LogP contribution < -0.4 is 10.6 Å². The SMILES string of the molecule is N#Cc1cnc(-c2ccc(CN3CC[C@@H](NC(=O)Nc4ccncc4)C3)cc2)c(-c2ccccc2)c1. The molecule has 0 radical (unpaired) electrons. The zero-order valence-electron chi connectivity index (χ0n) is 19.8. The van der Waals surface area contributed by atoms with Crippen LogP contribution in [0.2, 0.25) is 0 Å². The number of urea groups is 1. The summed E-state index contributed by atoms with van der Waals surface area (Å²) >= 11 is 0. The number of pyridine rings is 2. The summed E-state index contributed by atoms with van der Waals surface area (Å²) in [7, 11) is 0. The van der Waals surface area contributed by atoms with Gasteiger partial charge in [0.2, 0.25) is 0 Å². The van der Waals surface area contributed by atoms with Crippen molar-refractivity contribution in [2.45, 2.75) is 19.0 Å². The molecule has 0 aliphatic carbocycles. The number of aromatic nitrogens is 2. The maximum absolute atomic E-state index is 12.3. The number of nitrogens with one attached hydrogen (secondary N) is 2. The van der Waals surface area contributed by atoms with Gasteiger partial charge in [-0.3, -0.25) is 14.9 Å². The van der Waals surface area contributed by atoms with E-state index in [9.17, 15) is 10.1 Å². The fraction of sp³-hybridized carbons (Fsp3) is 0.172. The number of amides is 2. The highest BCUT2D eigenvalue weighted by atomic mass is 16.2. The Hall–Kier alpha value is -4.54. The van der Waals surface area contributed by atoms with Crippen LogP contribution in [0.3, 0.4) is 0 Å². The molecule has 0 spiro atoms. The van der Waals surface area contributed by atoms with E-state index in [1.165, 1.54) is 5.56 Å². The molecular formula is C29H26N6O. The van der Waals surface area contributed by atoms with Crippen molar-refractivity contribution in [3.8, 4) is 28.5 Å². The lowest BCUT2D eigenvalue weighted by Crippen LogP contribution is -2.39. The van der Waals surface area contributed by atoms with Crippen molar-refractivity contribution in [3.63, 3.8) is 0 Å². The monoisotopic (exact) mass is 474 g/mol. The predicted molar refractivity (Wildman–Crippen MR) is 140 cm³/mol. The first kappa shape index (κ1) is 23.2. The second kappa shape index (κ2) is 10.8. The minimum absolute atomic E-state index is 0.113. The Balaban J connectivity index is 1.22. The number of rotatable bonds is 6. The van der Waals surface area contributed by atoms with Gasteiger partial charge in [-0.1, -0.05) is 54.6 Å². The van der Waals surface area contributed by atoms with Gasteiger partial charge in [-0.2, -0.15) is 5.26 Å². The van der Waals surface area contributed by atoms with E-state index in [1.54, 1.807) is 30.7 Å². The van der Waals surface area contributed by atoms with E-state index in [0.717, 1.165) is 54.1 Å². The summed E-state index contributed by atoms with van der Waals surface area (Å²) in [5.41, 5.74) is 6.32. The quantitative estimate of drug-likeness (QED) is 0.407. The standard InChI is InChI=1S/C29H26N6O/c30-17-22-16-27(23-4-2-1-3-5-23)28(32-18-22)24-8-6-21(7-9-24)19-35-15-12-26(20-35)34-29(36)33-25-10-13-31-14-11-25/h1-11,13-14,16,18,26H,12,15,19-20H2,(H2,31,33,34,36)/t26-/m1/s1. The Morgan fingerprint density at radius 3 is 2.56 bits per heavy atom. The topological polar surface area (TPSA) is 93.9 Å². The number of hydrogen-bond donors (Lipinski definition) is 2. The van der Waals surface area contributed by atoms with Crippen LogP contribution >= 0.6 is 0 Å². The maximum Gasteiger partial charge on any atom is 0.319 e. The average molecular weight is 475 g/mol. The molecule has 1 atom stereocenters. The van der Waals surface area contributed by atoms with E-state index in [2.05, 4.69) is 55.8 Å². The Kier molecular flexibility index (Phi) is 6.97. The second-order valence-electron chi connectivity index (χ2n) is 8.85. The highest BCUT2D eigenvalue weighted by Crippen LogP contribution is 2.31. The van der Waals surface area contributed by atoms with Crippen molar-refractivity contribution in [3.05, 3.63) is 103 Å². The summed E-state index contributed by atoms with van der Waals surface area (Å²) < 4.78 is 0. The normalized spacial score (nSPS) is 15.2. The fourth-order valence-electron chi connectivity index (χ4n) is 4.50. The first-order valence-electron chi connectivity index (χ1n) is 11.9. The Bertz CT molecular complexity index is 1370. The van der Waals surface area contributed by atoms with E-state index in [1.807, 2.05) is 36.4 Å². The molecule has 0 unspecified atom stereocenters. The van der Waals surface area contributed by atoms with Crippen LogP contribution in [-0.2, 0) is 6.54 Å². The molecule has 3 heterocycles. The summed E-state index contributed by atoms with van der Waals surface area (Å²) in [6, 6.07) is 26.0. The fourth-order valence-corrected chi connectivity index (χ4v) is 4.50. The van der Waals surface area contributed by atoms with Gasteiger partial charge in [0.1, 0.15) is 6.07 Å². The molecule has 7 nitrogen and oxygen atoms in total. The third-order valence-corrected chi connectivity index (χ3v) is 6.28. The third kappa shape index (κ3) is 5.57. The van der Waals surface area contributed by atoms with Crippen molar-refractivity contribution in [1.29, 1.82) is 5.26 Å². The van der Waals surface area contributed by atoms with Crippen LogP contribution in [0.5, 0.6) is 0 Å². The first-order valence-corrected chi connectivity index (χ1v) is 11.9. The van der Waals surface area contributed by atoms with E-state index in [0.29, 0.717) is 5.56 Å². The molecule has 0 bridgehead atoms. The van der Waals surface area contributed by atoms with Crippen molar-refractivity contribution in [2.24, 2.45) is 0 Å². The summed E-state index contributed by atoms with van der Waals surface area (Å²) in [5.74, 6) is 0. The van der Waals surface area contributed by atoms with E-state index in [-0.39, 0.29) is 12.1 Å². The molecule has 178 valence electrons. The molecule has 1 saturated heterocycles. The summed E-state index contributed by atoms with van der Waals surface area (Å²) in [6.07, 6.45) is 5.84. The van der Waals surface area contributed by atoms with Gasteiger partial charge in [-0.25, -0.2) is 4.79 Å². The first-order chi connectivity index (χ1) is 17.7. The average Bonchev–Trinajstić information content (AvgIpc) is 3.36. The molecule has 2 amide bonds. The molecule has 1 aliphatic heterocycles. The highest BCUT2D eigenvalue weighted by molar-refractivity contribution is 5.89. The predicted octanol–water partition coefficient (Wildman–Crippen LogP) is 5.08. The van der Waals surface area contributed by atoms with E-state index < -0.39 is 0 Å². The van der Waals surface area contributed by atoms with Crippen LogP contribution in [0.1, 0.15) is 17.5 Å². The number of nitriles is 1. The molecule has 2 aromatic heterocycles. The van der Waals surface area contributed by atoms with Crippen molar-refractivity contribution < 1.29 is 4.79 Å². The maximum atomic E-state index is 12.3. The van der Waals surface area contributed by atoms with Gasteiger partial charge >= 0.3 is 6.03 Å². The lowest BCUT2D eigenvalue weighted by atomic mass is 9.97. The Labute approximate surface area is 210 Å². The molecule has 0 saturated carbocycles. The number of carbonyl (C=O) groups excluding carboxylic acids is 1. The van der Waals surface area contributed by atoms with Gasteiger partial charge in [0.25, 0.3) is 0 Å². The molecule has 7 heteroatoms. The van der Waals surface area contributed by atoms with Gasteiger partial charge < -0.3 is 10.6 Å². The number of likely N-dealkylation sites (tertiary alicyclic amines) is 1. The number of nitrogens with zero attached hydrogens (tertiary/aromatic N) is 4. The van der Waals surface area contributed by atoms with Crippen molar-refractivity contribution in [1.82, 2.24) is 20.2 Å². The number of carbonyl (C=O) groups is 1.